The predicted molar refractivity (Wildman–Crippen MR) is 72.3 cm³/mol. The Kier molecular flexibility index (Phi) is 3.99. The van der Waals surface area contributed by atoms with Crippen molar-refractivity contribution < 1.29 is 18.0 Å². The monoisotopic (exact) mass is 344 g/mol. The highest BCUT2D eigenvalue weighted by molar-refractivity contribution is 9.10. The zero-order valence-electron chi connectivity index (χ0n) is 9.88. The van der Waals surface area contributed by atoms with Gasteiger partial charge in [0.2, 0.25) is 0 Å². The van der Waals surface area contributed by atoms with Crippen LogP contribution in [0.25, 0.3) is 0 Å². The summed E-state index contributed by atoms with van der Waals surface area (Å²) >= 11 is 3.07. The summed E-state index contributed by atoms with van der Waals surface area (Å²) in [7, 11) is 0. The van der Waals surface area contributed by atoms with Crippen LogP contribution in [0.5, 0.6) is 0 Å². The van der Waals surface area contributed by atoms with E-state index >= 15 is 0 Å². The fourth-order valence-corrected chi connectivity index (χ4v) is 1.94. The SMILES string of the molecule is NC(=O)c1ccc(F)c(F)c1Nc1ccc(Br)cc1F. The third kappa shape index (κ3) is 2.77. The molecule has 0 bridgehead atoms. The van der Waals surface area contributed by atoms with Crippen LogP contribution in [0.1, 0.15) is 10.4 Å². The van der Waals surface area contributed by atoms with E-state index in [1.54, 1.807) is 0 Å². The van der Waals surface area contributed by atoms with Crippen molar-refractivity contribution in [3.8, 4) is 0 Å². The van der Waals surface area contributed by atoms with E-state index in [0.717, 1.165) is 18.2 Å². The van der Waals surface area contributed by atoms with Crippen LogP contribution in [0.2, 0.25) is 0 Å². The molecule has 0 aliphatic carbocycles. The van der Waals surface area contributed by atoms with Crippen LogP contribution in [0, 0.1) is 17.5 Å². The molecule has 20 heavy (non-hydrogen) atoms. The Balaban J connectivity index is 2.52. The molecule has 0 saturated heterocycles. The maximum absolute atomic E-state index is 13.7. The minimum Gasteiger partial charge on any atom is -0.366 e. The lowest BCUT2D eigenvalue weighted by Gasteiger charge is -2.12. The standard InChI is InChI=1S/C13H8BrF3N2O/c14-6-1-4-10(9(16)5-6)19-12-7(13(18)20)2-3-8(15)11(12)17/h1-5,19H,(H2,18,20). The van der Waals surface area contributed by atoms with Crippen molar-refractivity contribution in [2.75, 3.05) is 5.32 Å². The van der Waals surface area contributed by atoms with E-state index in [-0.39, 0.29) is 11.3 Å². The van der Waals surface area contributed by atoms with Gasteiger partial charge in [-0.15, -0.1) is 0 Å². The van der Waals surface area contributed by atoms with Gasteiger partial charge in [-0.1, -0.05) is 15.9 Å². The molecule has 3 nitrogen and oxygen atoms in total. The Labute approximate surface area is 120 Å². The molecule has 0 heterocycles. The van der Waals surface area contributed by atoms with Gasteiger partial charge in [0.1, 0.15) is 5.82 Å². The lowest BCUT2D eigenvalue weighted by molar-refractivity contribution is 0.100. The smallest absolute Gasteiger partial charge is 0.250 e. The van der Waals surface area contributed by atoms with Crippen molar-refractivity contribution in [1.29, 1.82) is 0 Å². The molecule has 0 fully saturated rings. The van der Waals surface area contributed by atoms with E-state index < -0.39 is 29.0 Å². The van der Waals surface area contributed by atoms with Crippen molar-refractivity contribution in [2.45, 2.75) is 0 Å². The largest absolute Gasteiger partial charge is 0.366 e. The van der Waals surface area contributed by atoms with Gasteiger partial charge in [0.25, 0.3) is 5.91 Å². The lowest BCUT2D eigenvalue weighted by Crippen LogP contribution is -2.15. The first-order valence-corrected chi connectivity index (χ1v) is 6.19. The van der Waals surface area contributed by atoms with Gasteiger partial charge in [-0.3, -0.25) is 4.79 Å². The number of primary amides is 1. The molecule has 1 amide bonds. The molecule has 2 aromatic rings. The number of nitrogens with two attached hydrogens (primary N) is 1. The minimum absolute atomic E-state index is 0.111. The average Bonchev–Trinajstić information content (AvgIpc) is 2.37. The number of rotatable bonds is 3. The van der Waals surface area contributed by atoms with Gasteiger partial charge in [-0.05, 0) is 30.3 Å². The van der Waals surface area contributed by atoms with E-state index in [2.05, 4.69) is 21.2 Å². The number of anilines is 2. The molecule has 0 spiro atoms. The van der Waals surface area contributed by atoms with Gasteiger partial charge in [-0.25, -0.2) is 13.2 Å². The highest BCUT2D eigenvalue weighted by Crippen LogP contribution is 2.28. The summed E-state index contributed by atoms with van der Waals surface area (Å²) < 4.78 is 41.1. The zero-order valence-corrected chi connectivity index (χ0v) is 11.5. The number of benzene rings is 2. The fourth-order valence-electron chi connectivity index (χ4n) is 1.60. The van der Waals surface area contributed by atoms with Crippen LogP contribution >= 0.6 is 15.9 Å². The Morgan fingerprint density at radius 3 is 2.40 bits per heavy atom. The fraction of sp³-hybridized carbons (Fsp3) is 0. The highest BCUT2D eigenvalue weighted by Gasteiger charge is 2.18. The summed E-state index contributed by atoms with van der Waals surface area (Å²) in [5.74, 6) is -4.12. The van der Waals surface area contributed by atoms with Crippen molar-refractivity contribution in [3.05, 3.63) is 57.8 Å². The molecular formula is C13H8BrF3N2O. The van der Waals surface area contributed by atoms with Crippen LogP contribution in [0.15, 0.2) is 34.8 Å². The summed E-state index contributed by atoms with van der Waals surface area (Å²) in [4.78, 5) is 11.2. The predicted octanol–water partition coefficient (Wildman–Crippen LogP) is 3.71. The second kappa shape index (κ2) is 5.54. The van der Waals surface area contributed by atoms with E-state index in [0.29, 0.717) is 4.47 Å². The summed E-state index contributed by atoms with van der Waals surface area (Å²) in [6.45, 7) is 0. The van der Waals surface area contributed by atoms with Gasteiger partial charge >= 0.3 is 0 Å². The van der Waals surface area contributed by atoms with Crippen LogP contribution in [0.4, 0.5) is 24.5 Å². The summed E-state index contributed by atoms with van der Waals surface area (Å²) in [6, 6.07) is 5.77. The average molecular weight is 345 g/mol. The Morgan fingerprint density at radius 1 is 1.10 bits per heavy atom. The van der Waals surface area contributed by atoms with Gasteiger partial charge in [-0.2, -0.15) is 0 Å². The molecule has 7 heteroatoms. The van der Waals surface area contributed by atoms with Crippen LogP contribution < -0.4 is 11.1 Å². The normalized spacial score (nSPS) is 10.4. The molecule has 2 aromatic carbocycles. The van der Waals surface area contributed by atoms with E-state index in [1.165, 1.54) is 12.1 Å². The number of carbonyl (C=O) groups excluding carboxylic acids is 1. The number of halogens is 4. The molecule has 0 aromatic heterocycles. The summed E-state index contributed by atoms with van der Waals surface area (Å²) in [5.41, 5.74) is 4.20. The Morgan fingerprint density at radius 2 is 1.80 bits per heavy atom. The third-order valence-electron chi connectivity index (χ3n) is 2.55. The number of hydrogen-bond acceptors (Lipinski definition) is 2. The second-order valence-corrected chi connectivity index (χ2v) is 4.81. The second-order valence-electron chi connectivity index (χ2n) is 3.90. The van der Waals surface area contributed by atoms with Crippen molar-refractivity contribution >= 4 is 33.2 Å². The lowest BCUT2D eigenvalue weighted by atomic mass is 10.1. The molecule has 0 radical (unpaired) electrons. The Bertz CT molecular complexity index is 692. The maximum Gasteiger partial charge on any atom is 0.250 e. The number of carbonyl (C=O) groups is 1. The number of hydrogen-bond donors (Lipinski definition) is 2. The minimum atomic E-state index is -1.30. The first kappa shape index (κ1) is 14.4. The molecule has 0 aliphatic rings. The molecule has 0 atom stereocenters. The van der Waals surface area contributed by atoms with Crippen LogP contribution in [-0.4, -0.2) is 5.91 Å². The van der Waals surface area contributed by atoms with Gasteiger partial charge in [0.05, 0.1) is 16.9 Å². The van der Waals surface area contributed by atoms with Gasteiger partial charge in [0.15, 0.2) is 11.6 Å². The maximum atomic E-state index is 13.7. The Hall–Kier alpha value is -2.02. The summed E-state index contributed by atoms with van der Waals surface area (Å²) in [6.07, 6.45) is 0. The van der Waals surface area contributed by atoms with Gasteiger partial charge < -0.3 is 11.1 Å². The van der Waals surface area contributed by atoms with Gasteiger partial charge in [0, 0.05) is 4.47 Å². The van der Waals surface area contributed by atoms with Crippen molar-refractivity contribution in [3.63, 3.8) is 0 Å². The topological polar surface area (TPSA) is 55.1 Å². The van der Waals surface area contributed by atoms with E-state index in [4.69, 9.17) is 5.73 Å². The highest BCUT2D eigenvalue weighted by atomic mass is 79.9. The van der Waals surface area contributed by atoms with E-state index in [1.807, 2.05) is 0 Å². The van der Waals surface area contributed by atoms with Crippen molar-refractivity contribution in [2.24, 2.45) is 5.73 Å². The first-order chi connectivity index (χ1) is 9.40. The first-order valence-electron chi connectivity index (χ1n) is 5.40. The quantitative estimate of drug-likeness (QED) is 0.891. The van der Waals surface area contributed by atoms with Crippen LogP contribution in [0.3, 0.4) is 0 Å². The molecule has 0 aliphatic heterocycles. The molecule has 3 N–H and O–H groups in total. The molecule has 0 saturated carbocycles. The van der Waals surface area contributed by atoms with Crippen LogP contribution in [-0.2, 0) is 0 Å². The summed E-state index contributed by atoms with van der Waals surface area (Å²) in [5, 5.41) is 2.35. The van der Waals surface area contributed by atoms with E-state index in [9.17, 15) is 18.0 Å². The zero-order chi connectivity index (χ0) is 14.9. The number of nitrogens with one attached hydrogen (secondary N) is 1. The molecule has 2 rings (SSSR count). The molecular weight excluding hydrogens is 337 g/mol. The third-order valence-corrected chi connectivity index (χ3v) is 3.04. The number of amides is 1. The molecule has 104 valence electrons. The molecule has 0 unspecified atom stereocenters. The van der Waals surface area contributed by atoms with Crippen molar-refractivity contribution in [1.82, 2.24) is 0 Å².